The van der Waals surface area contributed by atoms with Gasteiger partial charge in [0.15, 0.2) is 30.0 Å². The van der Waals surface area contributed by atoms with Crippen molar-refractivity contribution in [2.75, 3.05) is 13.7 Å². The molecule has 12 atom stereocenters. The van der Waals surface area contributed by atoms with Gasteiger partial charge in [0, 0.05) is 74.7 Å². The minimum absolute atomic E-state index is 0.685. The maximum absolute atomic E-state index is 14.3. The van der Waals surface area contributed by atoms with Crippen molar-refractivity contribution in [2.45, 2.75) is 142 Å². The van der Waals surface area contributed by atoms with Gasteiger partial charge in [-0.3, -0.25) is 43.2 Å². The molecule has 0 aromatic heterocycles. The lowest BCUT2D eigenvalue weighted by Gasteiger charge is -2.54. The minimum atomic E-state index is -2.49. The van der Waals surface area contributed by atoms with Crippen LogP contribution in [0.2, 0.25) is 0 Å². The fourth-order valence-corrected chi connectivity index (χ4v) is 6.79. The van der Waals surface area contributed by atoms with E-state index in [0.717, 1.165) is 69.4 Å². The molecule has 57 heavy (non-hydrogen) atoms. The summed E-state index contributed by atoms with van der Waals surface area (Å²) in [4.78, 5) is 126. The molecule has 2 N–H and O–H groups in total. The Balaban J connectivity index is 3.07. The van der Waals surface area contributed by atoms with Gasteiger partial charge < -0.3 is 58.0 Å². The molecule has 320 valence electrons. The van der Waals surface area contributed by atoms with Crippen LogP contribution in [0, 0.1) is 5.92 Å². The van der Waals surface area contributed by atoms with Crippen molar-refractivity contribution in [3.63, 3.8) is 0 Å². The Hall–Kier alpha value is -5.38. The van der Waals surface area contributed by atoms with Gasteiger partial charge in [-0.15, -0.1) is 0 Å². The number of carbonyl (C=O) groups is 10. The molecule has 2 heterocycles. The second kappa shape index (κ2) is 20.7. The second-order valence-electron chi connectivity index (χ2n) is 13.3. The number of ether oxygens (including phenoxy) is 10. The Bertz CT molecular complexity index is 1570. The molecule has 2 aliphatic rings. The van der Waals surface area contributed by atoms with Crippen LogP contribution in [0.5, 0.6) is 0 Å². The number of hydrogen-bond donors (Lipinski definition) is 2. The first-order valence-electron chi connectivity index (χ1n) is 17.6. The first-order valence-corrected chi connectivity index (χ1v) is 17.6. The molecule has 0 aromatic carbocycles. The molecule has 0 aromatic rings. The Morgan fingerprint density at radius 2 is 1.14 bits per heavy atom. The summed E-state index contributed by atoms with van der Waals surface area (Å²) in [6.07, 6.45) is -14.6. The molecule has 0 bridgehead atoms. The van der Waals surface area contributed by atoms with Gasteiger partial charge in [-0.05, 0) is 0 Å². The summed E-state index contributed by atoms with van der Waals surface area (Å²) in [7, 11) is 0.962. The predicted molar refractivity (Wildman–Crippen MR) is 183 cm³/mol. The van der Waals surface area contributed by atoms with Gasteiger partial charge in [-0.2, -0.15) is 0 Å². The van der Waals surface area contributed by atoms with E-state index >= 15 is 0 Å². The lowest BCUT2D eigenvalue weighted by molar-refractivity contribution is -0.300. The molecule has 0 aliphatic carbocycles. The second-order valence-corrected chi connectivity index (χ2v) is 13.3. The van der Waals surface area contributed by atoms with Crippen molar-refractivity contribution in [2.24, 2.45) is 5.92 Å². The molecule has 0 unspecified atom stereocenters. The maximum atomic E-state index is 14.3. The van der Waals surface area contributed by atoms with Crippen LogP contribution in [0.15, 0.2) is 0 Å². The first kappa shape index (κ1) is 47.8. The highest BCUT2D eigenvalue weighted by atomic mass is 16.7. The van der Waals surface area contributed by atoms with Crippen LogP contribution in [0.1, 0.15) is 75.7 Å². The Morgan fingerprint density at radius 3 is 1.60 bits per heavy atom. The molecular formula is C35H50N2O20. The highest BCUT2D eigenvalue weighted by Crippen LogP contribution is 2.45. The van der Waals surface area contributed by atoms with E-state index in [1.54, 1.807) is 0 Å². The molecule has 2 rings (SSSR count). The minimum Gasteiger partial charge on any atom is -0.467 e. The Labute approximate surface area is 327 Å². The third-order valence-electron chi connectivity index (χ3n) is 8.65. The fraction of sp³-hybridized carbons (Fsp3) is 0.714. The van der Waals surface area contributed by atoms with Gasteiger partial charge in [0.2, 0.25) is 18.1 Å². The largest absolute Gasteiger partial charge is 0.467 e. The lowest BCUT2D eigenvalue weighted by Crippen LogP contribution is -2.73. The average molecular weight is 819 g/mol. The third-order valence-corrected chi connectivity index (χ3v) is 8.65. The van der Waals surface area contributed by atoms with Crippen molar-refractivity contribution in [3.8, 4) is 0 Å². The highest BCUT2D eigenvalue weighted by Gasteiger charge is 2.65. The van der Waals surface area contributed by atoms with Crippen LogP contribution in [0.3, 0.4) is 0 Å². The number of amides is 2. The quantitative estimate of drug-likeness (QED) is 0.146. The van der Waals surface area contributed by atoms with Crippen molar-refractivity contribution in [3.05, 3.63) is 0 Å². The van der Waals surface area contributed by atoms with Crippen LogP contribution >= 0.6 is 0 Å². The number of methoxy groups -OCH3 is 1. The zero-order valence-corrected chi connectivity index (χ0v) is 33.4. The van der Waals surface area contributed by atoms with Gasteiger partial charge in [-0.1, -0.05) is 6.92 Å². The van der Waals surface area contributed by atoms with Gasteiger partial charge in [0.05, 0.1) is 13.2 Å². The average Bonchev–Trinajstić information content (AvgIpc) is 3.06. The number of rotatable bonds is 15. The number of carbonyl (C=O) groups excluding carboxylic acids is 10. The smallest absolute Gasteiger partial charge is 0.338 e. The van der Waals surface area contributed by atoms with Crippen LogP contribution in [-0.4, -0.2) is 140 Å². The molecular weight excluding hydrogens is 768 g/mol. The molecule has 2 aliphatic heterocycles. The highest BCUT2D eigenvalue weighted by molar-refractivity contribution is 5.81. The molecule has 2 saturated heterocycles. The maximum Gasteiger partial charge on any atom is 0.338 e. The monoisotopic (exact) mass is 818 g/mol. The first-order chi connectivity index (χ1) is 26.4. The summed E-state index contributed by atoms with van der Waals surface area (Å²) in [6, 6.07) is -3.02. The van der Waals surface area contributed by atoms with Gasteiger partial charge >= 0.3 is 47.8 Å². The van der Waals surface area contributed by atoms with E-state index in [-0.39, 0.29) is 0 Å². The van der Waals surface area contributed by atoms with E-state index in [4.69, 9.17) is 47.4 Å². The van der Waals surface area contributed by atoms with E-state index in [1.165, 1.54) is 6.92 Å². The predicted octanol–water partition coefficient (Wildman–Crippen LogP) is -1.16. The van der Waals surface area contributed by atoms with Crippen LogP contribution in [-0.2, 0) is 95.3 Å². The molecule has 2 fully saturated rings. The van der Waals surface area contributed by atoms with E-state index < -0.39 is 145 Å². The van der Waals surface area contributed by atoms with Crippen LogP contribution in [0.25, 0.3) is 0 Å². The Kier molecular flexibility index (Phi) is 17.3. The number of esters is 8. The SMILES string of the molecule is COC(=O)[C@@]1([C@H](C)[C@H]2O[C@H](OC(C)=O)[C@H](NC(C)=O)[C@@H](OC(C)=O)[C@H]2OC(C)=O)C[C@H](OC(C)=O)[C@@H](NC(C)=O)[C@H]([C@H](OC(C)=O)[C@@H](COC(C)=O)OC(C)=O)O1. The molecule has 0 radical (unpaired) electrons. The van der Waals surface area contributed by atoms with Gasteiger partial charge in [0.1, 0.15) is 31.0 Å². The van der Waals surface area contributed by atoms with Crippen molar-refractivity contribution < 1.29 is 95.3 Å². The van der Waals surface area contributed by atoms with Crippen LogP contribution < -0.4 is 10.6 Å². The fourth-order valence-electron chi connectivity index (χ4n) is 6.79. The third kappa shape index (κ3) is 13.1. The summed E-state index contributed by atoms with van der Waals surface area (Å²) >= 11 is 0. The topological polar surface area (TPSA) is 287 Å². The molecule has 22 nitrogen and oxygen atoms in total. The van der Waals surface area contributed by atoms with Gasteiger partial charge in [0.25, 0.3) is 0 Å². The van der Waals surface area contributed by atoms with Crippen molar-refractivity contribution >= 4 is 59.6 Å². The van der Waals surface area contributed by atoms with Crippen molar-refractivity contribution in [1.29, 1.82) is 0 Å². The number of nitrogens with one attached hydrogen (secondary N) is 2. The van der Waals surface area contributed by atoms with Crippen molar-refractivity contribution in [1.82, 2.24) is 10.6 Å². The standard InChI is InChI=1S/C35H50N2O20/c1-14(28-32(54-22(9)45)30(53-21(8)44)27(37-16(3)39)33(56-28)55-23(10)46)35(34(47)48-11)12-24(50-18(5)41)26(36-15(2)38)31(57-35)29(52-20(7)43)25(51-19(6)42)13-49-17(4)40/h14,24-33H,12-13H2,1-11H3,(H,36,38)(H,37,39)/t14-,24+,25-,26-,27-,28-,29-,30-,31-,32+,33+,35+/m1/s1. The van der Waals surface area contributed by atoms with E-state index in [0.29, 0.717) is 0 Å². The Morgan fingerprint density at radius 1 is 0.632 bits per heavy atom. The zero-order valence-electron chi connectivity index (χ0n) is 33.4. The molecule has 22 heteroatoms. The summed E-state index contributed by atoms with van der Waals surface area (Å²) in [5, 5.41) is 5.02. The summed E-state index contributed by atoms with van der Waals surface area (Å²) < 4.78 is 56.3. The van der Waals surface area contributed by atoms with Gasteiger partial charge in [-0.25, -0.2) is 4.79 Å². The lowest BCUT2D eigenvalue weighted by atomic mass is 9.72. The van der Waals surface area contributed by atoms with E-state index in [9.17, 15) is 47.9 Å². The normalized spacial score (nSPS) is 28.3. The molecule has 2 amide bonds. The van der Waals surface area contributed by atoms with E-state index in [2.05, 4.69) is 10.6 Å². The van der Waals surface area contributed by atoms with E-state index in [1.807, 2.05) is 0 Å². The molecule has 0 saturated carbocycles. The van der Waals surface area contributed by atoms with Crippen LogP contribution in [0.4, 0.5) is 0 Å². The summed E-state index contributed by atoms with van der Waals surface area (Å²) in [5.74, 6) is -10.8. The molecule has 0 spiro atoms. The zero-order chi connectivity index (χ0) is 43.5. The number of hydrogen-bond acceptors (Lipinski definition) is 20. The summed E-state index contributed by atoms with van der Waals surface area (Å²) in [6.45, 7) is 9.77. The summed E-state index contributed by atoms with van der Waals surface area (Å²) in [5.41, 5.74) is -2.49.